The lowest BCUT2D eigenvalue weighted by Crippen LogP contribution is -2.10. The van der Waals surface area contributed by atoms with Crippen LogP contribution in [-0.4, -0.2) is 43.9 Å². The summed E-state index contributed by atoms with van der Waals surface area (Å²) in [5.74, 6) is 0.876. The average molecular weight is 978 g/mol. The monoisotopic (exact) mass is 978 g/mol. The summed E-state index contributed by atoms with van der Waals surface area (Å²) >= 11 is 0. The van der Waals surface area contributed by atoms with Crippen molar-refractivity contribution in [1.82, 2.24) is 0 Å². The van der Waals surface area contributed by atoms with E-state index >= 15 is 0 Å². The molecule has 11 heteroatoms. The number of nitrogens with zero attached hydrogens (tertiary/aromatic N) is 3. The molecular formula is C61H75N3O8. The van der Waals surface area contributed by atoms with E-state index in [1.54, 1.807) is 79.9 Å². The Hall–Kier alpha value is -6.88. The van der Waals surface area contributed by atoms with E-state index in [4.69, 9.17) is 23.7 Å². The predicted molar refractivity (Wildman–Crippen MR) is 288 cm³/mol. The number of hydrogen-bond donors (Lipinski definition) is 0. The molecule has 5 aromatic carbocycles. The second kappa shape index (κ2) is 33.7. The maximum absolute atomic E-state index is 13.0. The highest BCUT2D eigenvalue weighted by molar-refractivity contribution is 5.93. The van der Waals surface area contributed by atoms with Crippen molar-refractivity contribution in [1.29, 1.82) is 0 Å². The van der Waals surface area contributed by atoms with Crippen molar-refractivity contribution in [2.45, 2.75) is 142 Å². The van der Waals surface area contributed by atoms with Crippen LogP contribution in [-0.2, 0) is 9.53 Å². The molecule has 11 nitrogen and oxygen atoms in total. The lowest BCUT2D eigenvalue weighted by Gasteiger charge is -2.08. The molecule has 0 amide bonds. The molecule has 0 bridgehead atoms. The van der Waals surface area contributed by atoms with E-state index in [9.17, 15) is 14.4 Å². The third-order valence-corrected chi connectivity index (χ3v) is 11.9. The Morgan fingerprint density at radius 1 is 0.458 bits per heavy atom. The minimum Gasteiger partial charge on any atom is -0.494 e. The summed E-state index contributed by atoms with van der Waals surface area (Å²) in [7, 11) is 0. The van der Waals surface area contributed by atoms with Gasteiger partial charge in [0.05, 0.1) is 48.0 Å². The van der Waals surface area contributed by atoms with Gasteiger partial charge in [0, 0.05) is 11.8 Å². The van der Waals surface area contributed by atoms with Crippen molar-refractivity contribution in [3.63, 3.8) is 0 Å². The number of azo groups is 1. The van der Waals surface area contributed by atoms with Crippen LogP contribution in [0.4, 0.5) is 17.1 Å². The number of unbranched alkanes of at least 4 members (excludes halogenated alkanes) is 18. The summed E-state index contributed by atoms with van der Waals surface area (Å²) in [6.07, 6.45) is 26.0. The Kier molecular flexibility index (Phi) is 26.2. The molecule has 0 spiro atoms. The van der Waals surface area contributed by atoms with Gasteiger partial charge in [-0.05, 0) is 141 Å². The quantitative estimate of drug-likeness (QED) is 0.00978. The zero-order valence-corrected chi connectivity index (χ0v) is 42.7. The number of aliphatic imine (C=N–C) groups is 1. The molecule has 0 saturated heterocycles. The van der Waals surface area contributed by atoms with Gasteiger partial charge < -0.3 is 23.7 Å². The first-order valence-electron chi connectivity index (χ1n) is 26.2. The fraction of sp³-hybridized carbons (Fsp3) is 0.410. The van der Waals surface area contributed by atoms with Crippen molar-refractivity contribution < 1.29 is 38.1 Å². The van der Waals surface area contributed by atoms with Crippen molar-refractivity contribution in [3.8, 4) is 23.0 Å². The fourth-order valence-electron chi connectivity index (χ4n) is 7.69. The van der Waals surface area contributed by atoms with Crippen LogP contribution in [0, 0.1) is 0 Å². The topological polar surface area (TPSA) is 134 Å². The Balaban J connectivity index is 0.930. The summed E-state index contributed by atoms with van der Waals surface area (Å²) in [6, 6.07) is 35.3. The molecule has 0 unspecified atom stereocenters. The number of esters is 3. The van der Waals surface area contributed by atoms with E-state index in [1.807, 2.05) is 54.6 Å². The van der Waals surface area contributed by atoms with Gasteiger partial charge in [0.15, 0.2) is 0 Å². The number of carbonyl (C=O) groups excluding carboxylic acids is 3. The van der Waals surface area contributed by atoms with E-state index in [1.165, 1.54) is 89.9 Å². The highest BCUT2D eigenvalue weighted by Gasteiger charge is 2.13. The number of rotatable bonds is 35. The smallest absolute Gasteiger partial charge is 0.343 e. The number of hydrogen-bond acceptors (Lipinski definition) is 11. The first-order valence-corrected chi connectivity index (χ1v) is 26.2. The van der Waals surface area contributed by atoms with E-state index in [2.05, 4.69) is 28.7 Å². The molecule has 0 N–H and O–H groups in total. The molecule has 0 saturated carbocycles. The molecule has 0 aliphatic heterocycles. The van der Waals surface area contributed by atoms with Crippen LogP contribution >= 0.6 is 0 Å². The summed E-state index contributed by atoms with van der Waals surface area (Å²) in [6.45, 7) is 9.35. The van der Waals surface area contributed by atoms with Crippen LogP contribution < -0.4 is 18.9 Å². The van der Waals surface area contributed by atoms with Crippen LogP contribution in [0.3, 0.4) is 0 Å². The minimum absolute atomic E-state index is 0.295. The van der Waals surface area contributed by atoms with Gasteiger partial charge in [0.25, 0.3) is 0 Å². The first-order chi connectivity index (χ1) is 35.2. The standard InChI is InChI=1S/C61H75N3O8/c1-4-5-6-7-8-9-12-15-18-21-43-68-55-37-27-50(28-38-55)60(66)71-57-39-29-51(30-40-57)61(67)72-58-26-24-25-49(46-58)47-62-52-31-33-53(34-32-52)63-64-54-35-41-56(42-36-54)69-44-22-19-16-13-10-11-14-17-20-23-45-70-59(65)48(2)3/h24-42,46-47H,2,4-23,43-45H2,1,3H3. The lowest BCUT2D eigenvalue weighted by atomic mass is 10.1. The molecule has 382 valence electrons. The maximum Gasteiger partial charge on any atom is 0.343 e. The van der Waals surface area contributed by atoms with Gasteiger partial charge in [0.1, 0.15) is 23.0 Å². The molecule has 0 radical (unpaired) electrons. The SMILES string of the molecule is C=C(C)C(=O)OCCCCCCCCCCCCOc1ccc(N=Nc2ccc(N=Cc3cccc(OC(=O)c4ccc(OC(=O)c5ccc(OCCCCCCCCCCCC)cc5)cc4)c3)cc2)cc1. The summed E-state index contributed by atoms with van der Waals surface area (Å²) in [5, 5.41) is 8.75. The van der Waals surface area contributed by atoms with Crippen LogP contribution in [0.15, 0.2) is 149 Å². The molecule has 0 heterocycles. The van der Waals surface area contributed by atoms with Crippen LogP contribution in [0.25, 0.3) is 0 Å². The number of benzene rings is 5. The Bertz CT molecular complexity index is 2410. The molecule has 0 fully saturated rings. The van der Waals surface area contributed by atoms with Crippen molar-refractivity contribution in [2.75, 3.05) is 19.8 Å². The zero-order chi connectivity index (χ0) is 50.9. The van der Waals surface area contributed by atoms with Gasteiger partial charge in [-0.2, -0.15) is 10.2 Å². The second-order valence-corrected chi connectivity index (χ2v) is 18.2. The highest BCUT2D eigenvalue weighted by Crippen LogP contribution is 2.25. The zero-order valence-electron chi connectivity index (χ0n) is 42.7. The number of carbonyl (C=O) groups is 3. The van der Waals surface area contributed by atoms with Crippen LogP contribution in [0.5, 0.6) is 23.0 Å². The van der Waals surface area contributed by atoms with Crippen molar-refractivity contribution in [3.05, 3.63) is 150 Å². The predicted octanol–water partition coefficient (Wildman–Crippen LogP) is 17.0. The summed E-state index contributed by atoms with van der Waals surface area (Å²) in [5.41, 5.74) is 4.06. The molecule has 0 aliphatic rings. The number of ether oxygens (including phenoxy) is 5. The van der Waals surface area contributed by atoms with Gasteiger partial charge in [-0.1, -0.05) is 135 Å². The molecule has 0 aromatic heterocycles. The minimum atomic E-state index is -0.546. The van der Waals surface area contributed by atoms with E-state index in [-0.39, 0.29) is 5.97 Å². The molecule has 5 aromatic rings. The molecule has 5 rings (SSSR count). The lowest BCUT2D eigenvalue weighted by molar-refractivity contribution is -0.139. The molecule has 72 heavy (non-hydrogen) atoms. The third kappa shape index (κ3) is 22.9. The Morgan fingerprint density at radius 3 is 1.35 bits per heavy atom. The Labute approximate surface area is 428 Å². The van der Waals surface area contributed by atoms with E-state index < -0.39 is 11.9 Å². The first kappa shape index (κ1) is 56.0. The maximum atomic E-state index is 13.0. The van der Waals surface area contributed by atoms with Gasteiger partial charge in [-0.15, -0.1) is 0 Å². The summed E-state index contributed by atoms with van der Waals surface area (Å²) < 4.78 is 28.2. The molecular weight excluding hydrogens is 903 g/mol. The fourth-order valence-corrected chi connectivity index (χ4v) is 7.69. The van der Waals surface area contributed by atoms with Gasteiger partial charge in [-0.3, -0.25) is 4.99 Å². The normalized spacial score (nSPS) is 11.2. The average Bonchev–Trinajstić information content (AvgIpc) is 3.40. The largest absolute Gasteiger partial charge is 0.494 e. The van der Waals surface area contributed by atoms with E-state index in [0.717, 1.165) is 67.0 Å². The van der Waals surface area contributed by atoms with Gasteiger partial charge in [0.2, 0.25) is 0 Å². The molecule has 0 atom stereocenters. The Morgan fingerprint density at radius 2 is 0.861 bits per heavy atom. The molecule has 0 aliphatic carbocycles. The van der Waals surface area contributed by atoms with Crippen LogP contribution in [0.1, 0.15) is 169 Å². The third-order valence-electron chi connectivity index (χ3n) is 11.9. The van der Waals surface area contributed by atoms with Gasteiger partial charge >= 0.3 is 17.9 Å². The van der Waals surface area contributed by atoms with Gasteiger partial charge in [-0.25, -0.2) is 14.4 Å². The summed E-state index contributed by atoms with van der Waals surface area (Å²) in [4.78, 5) is 41.8. The highest BCUT2D eigenvalue weighted by atomic mass is 16.5. The van der Waals surface area contributed by atoms with Crippen molar-refractivity contribution in [2.24, 2.45) is 15.2 Å². The van der Waals surface area contributed by atoms with E-state index in [0.29, 0.717) is 53.7 Å². The second-order valence-electron chi connectivity index (χ2n) is 18.2. The van der Waals surface area contributed by atoms with Crippen molar-refractivity contribution >= 4 is 41.2 Å². The van der Waals surface area contributed by atoms with Crippen LogP contribution in [0.2, 0.25) is 0 Å².